The van der Waals surface area contributed by atoms with Crippen LogP contribution in [0.3, 0.4) is 0 Å². The SMILES string of the molecule is CCOc1c(Cl)cccc1CC(=O)NC(C)(C)CCC(=O)O. The van der Waals surface area contributed by atoms with E-state index >= 15 is 0 Å². The molecule has 0 spiro atoms. The molecule has 2 N–H and O–H groups in total. The van der Waals surface area contributed by atoms with Crippen LogP contribution in [-0.2, 0) is 16.0 Å². The smallest absolute Gasteiger partial charge is 0.303 e. The zero-order valence-electron chi connectivity index (χ0n) is 13.1. The van der Waals surface area contributed by atoms with Gasteiger partial charge < -0.3 is 15.2 Å². The Kier molecular flexibility index (Phi) is 6.68. The zero-order valence-corrected chi connectivity index (χ0v) is 13.9. The van der Waals surface area contributed by atoms with E-state index in [9.17, 15) is 9.59 Å². The maximum Gasteiger partial charge on any atom is 0.303 e. The molecule has 0 aromatic heterocycles. The Labute approximate surface area is 135 Å². The summed E-state index contributed by atoms with van der Waals surface area (Å²) < 4.78 is 5.49. The highest BCUT2D eigenvalue weighted by molar-refractivity contribution is 6.32. The van der Waals surface area contributed by atoms with Gasteiger partial charge in [-0.15, -0.1) is 0 Å². The average Bonchev–Trinajstić information content (AvgIpc) is 2.40. The number of carboxylic acid groups (broad SMARTS) is 1. The third-order valence-corrected chi connectivity index (χ3v) is 3.43. The summed E-state index contributed by atoms with van der Waals surface area (Å²) in [7, 11) is 0. The van der Waals surface area contributed by atoms with E-state index in [0.717, 1.165) is 0 Å². The molecule has 0 radical (unpaired) electrons. The van der Waals surface area contributed by atoms with Crippen molar-refractivity contribution >= 4 is 23.5 Å². The molecule has 0 unspecified atom stereocenters. The number of hydrogen-bond donors (Lipinski definition) is 2. The lowest BCUT2D eigenvalue weighted by molar-refractivity contribution is -0.137. The fourth-order valence-corrected chi connectivity index (χ4v) is 2.32. The van der Waals surface area contributed by atoms with E-state index in [0.29, 0.717) is 29.4 Å². The first-order valence-corrected chi connectivity index (χ1v) is 7.56. The summed E-state index contributed by atoms with van der Waals surface area (Å²) in [6.45, 7) is 5.91. The van der Waals surface area contributed by atoms with Crippen molar-refractivity contribution in [2.24, 2.45) is 0 Å². The van der Waals surface area contributed by atoms with Gasteiger partial charge in [0.05, 0.1) is 18.1 Å². The highest BCUT2D eigenvalue weighted by atomic mass is 35.5. The lowest BCUT2D eigenvalue weighted by atomic mass is 9.97. The number of halogens is 1. The van der Waals surface area contributed by atoms with Crippen molar-refractivity contribution < 1.29 is 19.4 Å². The Balaban J connectivity index is 2.73. The molecule has 0 aliphatic rings. The molecule has 0 aliphatic heterocycles. The zero-order chi connectivity index (χ0) is 16.8. The number of carbonyl (C=O) groups excluding carboxylic acids is 1. The van der Waals surface area contributed by atoms with Crippen LogP contribution in [0.1, 0.15) is 39.2 Å². The van der Waals surface area contributed by atoms with Gasteiger partial charge in [0.1, 0.15) is 5.75 Å². The third kappa shape index (κ3) is 5.93. The van der Waals surface area contributed by atoms with Crippen LogP contribution in [0.5, 0.6) is 5.75 Å². The standard InChI is InChI=1S/C16H22ClNO4/c1-4-22-15-11(6-5-7-12(15)17)10-13(19)18-16(2,3)9-8-14(20)21/h5-7H,4,8-10H2,1-3H3,(H,18,19)(H,20,21). The largest absolute Gasteiger partial charge is 0.492 e. The van der Waals surface area contributed by atoms with E-state index < -0.39 is 11.5 Å². The molecule has 22 heavy (non-hydrogen) atoms. The van der Waals surface area contributed by atoms with Crippen molar-refractivity contribution in [3.05, 3.63) is 28.8 Å². The molecule has 0 atom stereocenters. The van der Waals surface area contributed by atoms with Crippen molar-refractivity contribution in [2.45, 2.75) is 45.6 Å². The van der Waals surface area contributed by atoms with E-state index in [1.165, 1.54) is 0 Å². The number of carbonyl (C=O) groups is 2. The van der Waals surface area contributed by atoms with E-state index in [4.69, 9.17) is 21.4 Å². The second-order valence-electron chi connectivity index (χ2n) is 5.66. The molecule has 0 aliphatic carbocycles. The fourth-order valence-electron chi connectivity index (χ4n) is 2.08. The van der Waals surface area contributed by atoms with Gasteiger partial charge in [-0.1, -0.05) is 23.7 Å². The molecule has 1 rings (SSSR count). The molecule has 0 fully saturated rings. The van der Waals surface area contributed by atoms with Crippen LogP contribution in [-0.4, -0.2) is 29.1 Å². The number of ether oxygens (including phenoxy) is 1. The minimum atomic E-state index is -0.879. The monoisotopic (exact) mass is 327 g/mol. The summed E-state index contributed by atoms with van der Waals surface area (Å²) in [4.78, 5) is 22.8. The van der Waals surface area contributed by atoms with Crippen molar-refractivity contribution in [2.75, 3.05) is 6.61 Å². The number of hydrogen-bond acceptors (Lipinski definition) is 3. The molecule has 0 saturated carbocycles. The summed E-state index contributed by atoms with van der Waals surface area (Å²) in [5.41, 5.74) is 0.126. The molecule has 1 aromatic rings. The van der Waals surface area contributed by atoms with E-state index in [1.54, 1.807) is 32.0 Å². The second-order valence-corrected chi connectivity index (χ2v) is 6.07. The third-order valence-electron chi connectivity index (χ3n) is 3.13. The van der Waals surface area contributed by atoms with Crippen LogP contribution >= 0.6 is 11.6 Å². The predicted molar refractivity (Wildman–Crippen MR) is 85.4 cm³/mol. The molecule has 1 aromatic carbocycles. The number of amides is 1. The number of aliphatic carboxylic acids is 1. The number of rotatable bonds is 8. The number of nitrogens with one attached hydrogen (secondary N) is 1. The van der Waals surface area contributed by atoms with Gasteiger partial charge in [-0.3, -0.25) is 9.59 Å². The van der Waals surface area contributed by atoms with E-state index in [2.05, 4.69) is 5.32 Å². The van der Waals surface area contributed by atoms with Crippen molar-refractivity contribution in [1.82, 2.24) is 5.32 Å². The molecule has 0 saturated heterocycles. The molecule has 0 heterocycles. The first kappa shape index (κ1) is 18.3. The second kappa shape index (κ2) is 8.03. The Morgan fingerprint density at radius 2 is 2.05 bits per heavy atom. The van der Waals surface area contributed by atoms with Gasteiger partial charge in [0.2, 0.25) is 5.91 Å². The van der Waals surface area contributed by atoms with Crippen LogP contribution in [0.25, 0.3) is 0 Å². The molecule has 122 valence electrons. The maximum absolute atomic E-state index is 12.2. The number of para-hydroxylation sites is 1. The average molecular weight is 328 g/mol. The summed E-state index contributed by atoms with van der Waals surface area (Å²) in [6, 6.07) is 5.27. The lowest BCUT2D eigenvalue weighted by Gasteiger charge is -2.26. The molecular weight excluding hydrogens is 306 g/mol. The van der Waals surface area contributed by atoms with Gasteiger partial charge in [0.25, 0.3) is 0 Å². The van der Waals surface area contributed by atoms with Gasteiger partial charge in [-0.2, -0.15) is 0 Å². The number of carboxylic acids is 1. The summed E-state index contributed by atoms with van der Waals surface area (Å²) in [6.07, 6.45) is 0.503. The minimum Gasteiger partial charge on any atom is -0.492 e. The summed E-state index contributed by atoms with van der Waals surface area (Å²) in [5.74, 6) is -0.556. The topological polar surface area (TPSA) is 75.6 Å². The van der Waals surface area contributed by atoms with Crippen molar-refractivity contribution in [3.63, 3.8) is 0 Å². The van der Waals surface area contributed by atoms with E-state index in [-0.39, 0.29) is 18.7 Å². The molecule has 5 nitrogen and oxygen atoms in total. The quantitative estimate of drug-likeness (QED) is 0.769. The van der Waals surface area contributed by atoms with E-state index in [1.807, 2.05) is 6.92 Å². The van der Waals surface area contributed by atoms with Gasteiger partial charge in [-0.05, 0) is 33.3 Å². The van der Waals surface area contributed by atoms with Gasteiger partial charge >= 0.3 is 5.97 Å². The van der Waals surface area contributed by atoms with Crippen LogP contribution < -0.4 is 10.1 Å². The first-order valence-electron chi connectivity index (χ1n) is 7.18. The van der Waals surface area contributed by atoms with Gasteiger partial charge in [0, 0.05) is 17.5 Å². The molecular formula is C16H22ClNO4. The Hall–Kier alpha value is -1.75. The molecule has 6 heteroatoms. The van der Waals surface area contributed by atoms with Gasteiger partial charge in [-0.25, -0.2) is 0 Å². The van der Waals surface area contributed by atoms with Crippen LogP contribution in [0.4, 0.5) is 0 Å². The van der Waals surface area contributed by atoms with Crippen molar-refractivity contribution in [3.8, 4) is 5.75 Å². The minimum absolute atomic E-state index is 0.00857. The molecule has 1 amide bonds. The van der Waals surface area contributed by atoms with Crippen LogP contribution in [0, 0.1) is 0 Å². The highest BCUT2D eigenvalue weighted by Gasteiger charge is 2.22. The fraction of sp³-hybridized carbons (Fsp3) is 0.500. The lowest BCUT2D eigenvalue weighted by Crippen LogP contribution is -2.44. The predicted octanol–water partition coefficient (Wildman–Crippen LogP) is 3.04. The maximum atomic E-state index is 12.2. The Bertz CT molecular complexity index is 543. The highest BCUT2D eigenvalue weighted by Crippen LogP contribution is 2.29. The normalized spacial score (nSPS) is 11.1. The summed E-state index contributed by atoms with van der Waals surface area (Å²) in [5, 5.41) is 12.0. The Morgan fingerprint density at radius 3 is 2.64 bits per heavy atom. The Morgan fingerprint density at radius 1 is 1.36 bits per heavy atom. The molecule has 0 bridgehead atoms. The van der Waals surface area contributed by atoms with Crippen LogP contribution in [0.2, 0.25) is 5.02 Å². The summed E-state index contributed by atoms with van der Waals surface area (Å²) >= 11 is 6.09. The number of benzene rings is 1. The van der Waals surface area contributed by atoms with Crippen molar-refractivity contribution in [1.29, 1.82) is 0 Å². The van der Waals surface area contributed by atoms with Gasteiger partial charge in [0.15, 0.2) is 0 Å². The van der Waals surface area contributed by atoms with Crippen LogP contribution in [0.15, 0.2) is 18.2 Å². The first-order chi connectivity index (χ1) is 10.2.